The average molecular weight is 459 g/mol. The van der Waals surface area contributed by atoms with E-state index in [1.54, 1.807) is 18.2 Å². The minimum absolute atomic E-state index is 0.0617. The summed E-state index contributed by atoms with van der Waals surface area (Å²) < 4.78 is 5.55. The Balaban J connectivity index is 1.81. The van der Waals surface area contributed by atoms with Crippen molar-refractivity contribution in [3.63, 3.8) is 0 Å². The molecule has 11 heteroatoms. The van der Waals surface area contributed by atoms with Crippen LogP contribution in [0.1, 0.15) is 39.6 Å². The number of thioether (sulfide) groups is 1. The third-order valence-corrected chi connectivity index (χ3v) is 6.24. The lowest BCUT2D eigenvalue weighted by molar-refractivity contribution is -0.385. The Kier molecular flexibility index (Phi) is 5.73. The minimum atomic E-state index is -0.836. The van der Waals surface area contributed by atoms with Crippen LogP contribution in [0.2, 0.25) is 0 Å². The van der Waals surface area contributed by atoms with E-state index in [2.05, 4.69) is 21.3 Å². The van der Waals surface area contributed by atoms with Crippen LogP contribution >= 0.6 is 11.8 Å². The van der Waals surface area contributed by atoms with Gasteiger partial charge in [0.05, 0.1) is 27.7 Å². The predicted molar refractivity (Wildman–Crippen MR) is 119 cm³/mol. The molecule has 1 aromatic carbocycles. The quantitative estimate of drug-likeness (QED) is 0.328. The van der Waals surface area contributed by atoms with Crippen LogP contribution in [0.3, 0.4) is 0 Å². The Morgan fingerprint density at radius 1 is 1.30 bits per heavy atom. The number of ether oxygens (including phenoxy) is 1. The smallest absolute Gasteiger partial charge is 0.273 e. The van der Waals surface area contributed by atoms with E-state index in [0.29, 0.717) is 33.2 Å². The van der Waals surface area contributed by atoms with Gasteiger partial charge < -0.3 is 10.5 Å². The van der Waals surface area contributed by atoms with Crippen LogP contribution in [0.5, 0.6) is 5.88 Å². The summed E-state index contributed by atoms with van der Waals surface area (Å²) in [4.78, 5) is 15.7. The Bertz CT molecular complexity index is 1400. The zero-order valence-corrected chi connectivity index (χ0v) is 18.4. The molecule has 0 amide bonds. The second kappa shape index (κ2) is 8.65. The molecular formula is C22H17N7O3S. The van der Waals surface area contributed by atoms with Crippen molar-refractivity contribution in [2.45, 2.75) is 30.5 Å². The summed E-state index contributed by atoms with van der Waals surface area (Å²) in [5.41, 5.74) is 9.35. The van der Waals surface area contributed by atoms with Gasteiger partial charge in [0.1, 0.15) is 22.7 Å². The Morgan fingerprint density at radius 2 is 2.06 bits per heavy atom. The van der Waals surface area contributed by atoms with Gasteiger partial charge in [0.25, 0.3) is 5.69 Å². The number of nitrogens with zero attached hydrogens (tertiary/aromatic N) is 5. The first-order chi connectivity index (χ1) is 15.8. The summed E-state index contributed by atoms with van der Waals surface area (Å²) in [5.74, 6) is -0.524. The maximum absolute atomic E-state index is 11.7. The molecule has 0 saturated carbocycles. The van der Waals surface area contributed by atoms with Crippen LogP contribution in [0.4, 0.5) is 5.69 Å². The molecule has 0 bridgehead atoms. The topological polar surface area (TPSA) is 168 Å². The fourth-order valence-electron chi connectivity index (χ4n) is 3.81. The van der Waals surface area contributed by atoms with Crippen molar-refractivity contribution >= 4 is 17.4 Å². The van der Waals surface area contributed by atoms with Gasteiger partial charge in [-0.05, 0) is 25.5 Å². The van der Waals surface area contributed by atoms with E-state index in [1.807, 2.05) is 26.0 Å². The highest BCUT2D eigenvalue weighted by atomic mass is 32.2. The van der Waals surface area contributed by atoms with E-state index >= 15 is 0 Å². The van der Waals surface area contributed by atoms with Crippen molar-refractivity contribution < 1.29 is 9.66 Å². The van der Waals surface area contributed by atoms with E-state index in [9.17, 15) is 20.6 Å². The van der Waals surface area contributed by atoms with Crippen molar-refractivity contribution in [3.8, 4) is 18.0 Å². The third-order valence-electron chi connectivity index (χ3n) is 5.24. The minimum Gasteiger partial charge on any atom is -0.420 e. The number of rotatable bonds is 5. The normalized spacial score (nSPS) is 14.7. The molecule has 0 saturated heterocycles. The first-order valence-electron chi connectivity index (χ1n) is 9.74. The first-order valence-corrected chi connectivity index (χ1v) is 10.7. The summed E-state index contributed by atoms with van der Waals surface area (Å²) >= 11 is 1.32. The second-order valence-electron chi connectivity index (χ2n) is 7.32. The average Bonchev–Trinajstić information content (AvgIpc) is 3.18. The van der Waals surface area contributed by atoms with Gasteiger partial charge in [-0.25, -0.2) is 4.98 Å². The molecule has 1 aliphatic rings. The highest BCUT2D eigenvalue weighted by molar-refractivity contribution is 7.98. The molecule has 10 nitrogen and oxygen atoms in total. The monoisotopic (exact) mass is 459 g/mol. The largest absolute Gasteiger partial charge is 0.420 e. The molecule has 1 atom stereocenters. The third kappa shape index (κ3) is 3.86. The lowest BCUT2D eigenvalue weighted by atomic mass is 9.83. The molecule has 4 rings (SSSR count). The van der Waals surface area contributed by atoms with Crippen LogP contribution in [0, 0.1) is 46.6 Å². The zero-order chi connectivity index (χ0) is 23.7. The van der Waals surface area contributed by atoms with Crippen LogP contribution in [0.15, 0.2) is 46.8 Å². The summed E-state index contributed by atoms with van der Waals surface area (Å²) in [6, 6.07) is 12.2. The number of nitro benzene ring substituents is 1. The van der Waals surface area contributed by atoms with Crippen molar-refractivity contribution in [2.75, 3.05) is 0 Å². The maximum Gasteiger partial charge on any atom is 0.273 e. The molecule has 3 heterocycles. The Labute approximate surface area is 192 Å². The van der Waals surface area contributed by atoms with Gasteiger partial charge in [-0.1, -0.05) is 30.0 Å². The zero-order valence-electron chi connectivity index (χ0n) is 17.6. The molecule has 33 heavy (non-hydrogen) atoms. The van der Waals surface area contributed by atoms with Crippen molar-refractivity contribution in [2.24, 2.45) is 5.73 Å². The maximum atomic E-state index is 11.7. The van der Waals surface area contributed by atoms with Crippen LogP contribution in [-0.2, 0) is 5.75 Å². The highest BCUT2D eigenvalue weighted by Crippen LogP contribution is 2.46. The number of fused-ring (bicyclic) bond motifs is 1. The van der Waals surface area contributed by atoms with Gasteiger partial charge in [0.15, 0.2) is 0 Å². The highest BCUT2D eigenvalue weighted by Gasteiger charge is 2.38. The van der Waals surface area contributed by atoms with Gasteiger partial charge in [0, 0.05) is 23.1 Å². The van der Waals surface area contributed by atoms with Gasteiger partial charge in [-0.15, -0.1) is 5.10 Å². The Morgan fingerprint density at radius 3 is 2.76 bits per heavy atom. The number of aromatic amines is 1. The van der Waals surface area contributed by atoms with Crippen molar-refractivity contribution in [1.29, 1.82) is 10.5 Å². The lowest BCUT2D eigenvalue weighted by Crippen LogP contribution is -2.21. The summed E-state index contributed by atoms with van der Waals surface area (Å²) in [6.45, 7) is 3.70. The number of nitro groups is 1. The van der Waals surface area contributed by atoms with E-state index < -0.39 is 10.8 Å². The molecule has 1 aliphatic heterocycles. The number of allylic oxidation sites excluding steroid dienone is 1. The van der Waals surface area contributed by atoms with Gasteiger partial charge in [-0.3, -0.25) is 15.2 Å². The number of aromatic nitrogens is 3. The van der Waals surface area contributed by atoms with E-state index in [1.165, 1.54) is 17.8 Å². The SMILES string of the molecule is Cc1cc(C)c(C#N)c(SCc2[nH]nc3c2C(c2ccccc2[N+](=O)[O-])C(C#N)=C(N)O3)n1. The number of hydrogen-bond donors (Lipinski definition) is 2. The molecule has 3 N–H and O–H groups in total. The van der Waals surface area contributed by atoms with Crippen LogP contribution in [-0.4, -0.2) is 20.1 Å². The molecule has 0 radical (unpaired) electrons. The van der Waals surface area contributed by atoms with E-state index in [-0.39, 0.29) is 23.0 Å². The van der Waals surface area contributed by atoms with Gasteiger partial charge >= 0.3 is 0 Å². The number of hydrogen-bond acceptors (Lipinski definition) is 9. The number of benzene rings is 1. The number of para-hydroxylation sites is 1. The van der Waals surface area contributed by atoms with Gasteiger partial charge in [0.2, 0.25) is 11.8 Å². The fraction of sp³-hybridized carbons (Fsp3) is 0.182. The number of nitrogens with one attached hydrogen (secondary N) is 1. The molecule has 2 aromatic heterocycles. The number of pyridine rings is 1. The second-order valence-corrected chi connectivity index (χ2v) is 8.29. The molecule has 3 aromatic rings. The molecule has 0 fully saturated rings. The molecule has 164 valence electrons. The number of H-pyrrole nitrogens is 1. The first kappa shape index (κ1) is 21.9. The van der Waals surface area contributed by atoms with Gasteiger partial charge in [-0.2, -0.15) is 10.5 Å². The van der Waals surface area contributed by atoms with Crippen molar-refractivity contribution in [1.82, 2.24) is 15.2 Å². The molecule has 0 aliphatic carbocycles. The number of nitriles is 2. The standard InChI is InChI=1S/C22H17N7O3S/c1-11-7-12(2)26-22(14(11)8-23)33-10-16-19-18(13-5-3-4-6-17(13)29(30)31)15(9-24)20(25)32-21(19)28-27-16/h3-7,18H,10,25H2,1-2H3,(H,27,28). The summed E-state index contributed by atoms with van der Waals surface area (Å²) in [5, 5.41) is 38.7. The van der Waals surface area contributed by atoms with Crippen LogP contribution in [0.25, 0.3) is 0 Å². The molecule has 1 unspecified atom stereocenters. The van der Waals surface area contributed by atoms with E-state index in [4.69, 9.17) is 10.5 Å². The lowest BCUT2D eigenvalue weighted by Gasteiger charge is -2.23. The predicted octanol–water partition coefficient (Wildman–Crippen LogP) is 3.71. The fourth-order valence-corrected chi connectivity index (χ4v) is 4.87. The number of aryl methyl sites for hydroxylation is 2. The van der Waals surface area contributed by atoms with Crippen molar-refractivity contribution in [3.05, 3.63) is 85.5 Å². The Hall–Kier alpha value is -4.35. The molecular weight excluding hydrogens is 442 g/mol. The van der Waals surface area contributed by atoms with E-state index in [0.717, 1.165) is 11.3 Å². The number of nitrogens with two attached hydrogens (primary N) is 1. The summed E-state index contributed by atoms with van der Waals surface area (Å²) in [6.07, 6.45) is 0. The van der Waals surface area contributed by atoms with Crippen LogP contribution < -0.4 is 10.5 Å². The summed E-state index contributed by atoms with van der Waals surface area (Å²) in [7, 11) is 0. The molecule has 0 spiro atoms.